The number of anilines is 1. The second-order valence-electron chi connectivity index (χ2n) is 6.61. The van der Waals surface area contributed by atoms with Gasteiger partial charge in [0, 0.05) is 11.6 Å². The van der Waals surface area contributed by atoms with Crippen LogP contribution in [0.2, 0.25) is 5.28 Å². The van der Waals surface area contributed by atoms with E-state index in [1.165, 1.54) is 0 Å². The van der Waals surface area contributed by atoms with Gasteiger partial charge in [0.15, 0.2) is 5.82 Å². The molecule has 1 atom stereocenters. The standard InChI is InChI=1S/C19H19ClF2N4O.C2H6/c1-11-14-16(26(19(21)22)15(11)12-6-3-2-4-7-12)17(25-18(20)24-14)23-10-13-8-5-9-27-13;1-2/h2-3,5,8-9,12,19H,4,6-7,10H2,1H3,(H,23,24,25);1-2H3. The molecular weight excluding hydrogens is 398 g/mol. The number of hydrogen-bond acceptors (Lipinski definition) is 4. The fourth-order valence-electron chi connectivity index (χ4n) is 3.79. The Morgan fingerprint density at radius 1 is 1.31 bits per heavy atom. The number of halogens is 3. The molecule has 0 spiro atoms. The molecule has 4 rings (SSSR count). The van der Waals surface area contributed by atoms with E-state index in [0.717, 1.165) is 29.4 Å². The van der Waals surface area contributed by atoms with Crippen molar-refractivity contribution in [1.82, 2.24) is 14.5 Å². The van der Waals surface area contributed by atoms with E-state index in [2.05, 4.69) is 27.4 Å². The van der Waals surface area contributed by atoms with Crippen molar-refractivity contribution in [2.45, 2.75) is 59.0 Å². The fraction of sp³-hybridized carbons (Fsp3) is 0.429. The minimum absolute atomic E-state index is 0.0223. The third kappa shape index (κ3) is 4.29. The highest BCUT2D eigenvalue weighted by atomic mass is 35.5. The topological polar surface area (TPSA) is 55.9 Å². The van der Waals surface area contributed by atoms with Gasteiger partial charge in [-0.25, -0.2) is 4.98 Å². The lowest BCUT2D eigenvalue weighted by atomic mass is 9.89. The quantitative estimate of drug-likeness (QED) is 0.361. The number of aryl methyl sites for hydroxylation is 1. The van der Waals surface area contributed by atoms with Crippen LogP contribution < -0.4 is 5.32 Å². The maximum absolute atomic E-state index is 14.1. The predicted octanol–water partition coefficient (Wildman–Crippen LogP) is 6.84. The molecule has 0 aliphatic heterocycles. The van der Waals surface area contributed by atoms with E-state index in [1.54, 1.807) is 18.4 Å². The number of hydrogen-bond donors (Lipinski definition) is 1. The van der Waals surface area contributed by atoms with Gasteiger partial charge in [0.05, 0.1) is 18.3 Å². The molecule has 29 heavy (non-hydrogen) atoms. The Hall–Kier alpha value is -2.41. The normalized spacial score (nSPS) is 16.2. The van der Waals surface area contributed by atoms with E-state index < -0.39 is 6.55 Å². The van der Waals surface area contributed by atoms with Gasteiger partial charge in [-0.3, -0.25) is 4.57 Å². The van der Waals surface area contributed by atoms with E-state index in [0.29, 0.717) is 23.5 Å². The molecular formula is C21H25ClF2N4O. The van der Waals surface area contributed by atoms with Crippen LogP contribution in [0.3, 0.4) is 0 Å². The fourth-order valence-corrected chi connectivity index (χ4v) is 3.96. The number of fused-ring (bicyclic) bond motifs is 1. The van der Waals surface area contributed by atoms with Crippen LogP contribution in [0.15, 0.2) is 35.0 Å². The number of furan rings is 1. The van der Waals surface area contributed by atoms with Crippen LogP contribution in [0, 0.1) is 6.92 Å². The zero-order valence-electron chi connectivity index (χ0n) is 16.8. The third-order valence-electron chi connectivity index (χ3n) is 4.96. The molecule has 0 saturated heterocycles. The Morgan fingerprint density at radius 2 is 2.10 bits per heavy atom. The van der Waals surface area contributed by atoms with Gasteiger partial charge in [0.25, 0.3) is 0 Å². The van der Waals surface area contributed by atoms with Gasteiger partial charge in [0.2, 0.25) is 5.28 Å². The van der Waals surface area contributed by atoms with E-state index in [1.807, 2.05) is 20.8 Å². The van der Waals surface area contributed by atoms with Crippen molar-refractivity contribution in [3.05, 3.63) is 52.8 Å². The van der Waals surface area contributed by atoms with Crippen molar-refractivity contribution < 1.29 is 13.2 Å². The van der Waals surface area contributed by atoms with Crippen LogP contribution >= 0.6 is 11.6 Å². The number of allylic oxidation sites excluding steroid dienone is 2. The Labute approximate surface area is 173 Å². The first-order chi connectivity index (χ1) is 14.1. The zero-order chi connectivity index (χ0) is 21.0. The monoisotopic (exact) mass is 422 g/mol. The molecule has 0 bridgehead atoms. The van der Waals surface area contributed by atoms with Crippen LogP contribution in [0.4, 0.5) is 14.6 Å². The van der Waals surface area contributed by atoms with Crippen LogP contribution in [-0.4, -0.2) is 14.5 Å². The summed E-state index contributed by atoms with van der Waals surface area (Å²) in [5.74, 6) is 0.972. The summed E-state index contributed by atoms with van der Waals surface area (Å²) in [6.45, 7) is 3.44. The first-order valence-corrected chi connectivity index (χ1v) is 10.2. The number of rotatable bonds is 5. The maximum atomic E-state index is 14.1. The zero-order valence-corrected chi connectivity index (χ0v) is 17.5. The van der Waals surface area contributed by atoms with E-state index in [9.17, 15) is 8.78 Å². The van der Waals surface area contributed by atoms with Crippen LogP contribution in [-0.2, 0) is 6.54 Å². The van der Waals surface area contributed by atoms with Crippen molar-refractivity contribution in [3.63, 3.8) is 0 Å². The first-order valence-electron chi connectivity index (χ1n) is 9.83. The second kappa shape index (κ2) is 9.39. The Kier molecular flexibility index (Phi) is 6.90. The highest BCUT2D eigenvalue weighted by Gasteiger charge is 2.29. The second-order valence-corrected chi connectivity index (χ2v) is 6.95. The Bertz CT molecular complexity index is 983. The van der Waals surface area contributed by atoms with Gasteiger partial charge in [-0.05, 0) is 55.5 Å². The van der Waals surface area contributed by atoms with Crippen LogP contribution in [0.1, 0.15) is 62.6 Å². The summed E-state index contributed by atoms with van der Waals surface area (Å²) in [7, 11) is 0. The molecule has 0 saturated carbocycles. The Morgan fingerprint density at radius 3 is 2.72 bits per heavy atom. The first kappa shape index (κ1) is 21.3. The molecule has 156 valence electrons. The third-order valence-corrected chi connectivity index (χ3v) is 5.13. The van der Waals surface area contributed by atoms with Gasteiger partial charge in [-0.1, -0.05) is 26.0 Å². The lowest BCUT2D eigenvalue weighted by Crippen LogP contribution is -2.12. The molecule has 1 N–H and O–H groups in total. The average Bonchev–Trinajstić information content (AvgIpc) is 3.35. The summed E-state index contributed by atoms with van der Waals surface area (Å²) in [4.78, 5) is 8.43. The summed E-state index contributed by atoms with van der Waals surface area (Å²) in [6, 6.07) is 3.56. The molecule has 1 unspecified atom stereocenters. The number of nitrogens with one attached hydrogen (secondary N) is 1. The minimum atomic E-state index is -2.70. The van der Waals surface area contributed by atoms with Crippen LogP contribution in [0.25, 0.3) is 11.0 Å². The van der Waals surface area contributed by atoms with Gasteiger partial charge < -0.3 is 9.73 Å². The molecule has 0 fully saturated rings. The SMILES string of the molecule is CC.Cc1c(C2CC=CCC2)n(C(F)F)c2c(NCc3ccco3)nc(Cl)nc12. The van der Waals surface area contributed by atoms with Gasteiger partial charge in [0.1, 0.15) is 11.3 Å². The molecule has 5 nitrogen and oxygen atoms in total. The Balaban J connectivity index is 0.00000117. The minimum Gasteiger partial charge on any atom is -0.467 e. The smallest absolute Gasteiger partial charge is 0.319 e. The van der Waals surface area contributed by atoms with Crippen molar-refractivity contribution in [2.24, 2.45) is 0 Å². The van der Waals surface area contributed by atoms with E-state index in [4.69, 9.17) is 16.0 Å². The molecule has 0 radical (unpaired) electrons. The number of alkyl halides is 2. The molecule has 1 aliphatic rings. The van der Waals surface area contributed by atoms with Crippen molar-refractivity contribution in [1.29, 1.82) is 0 Å². The predicted molar refractivity (Wildman–Crippen MR) is 112 cm³/mol. The average molecular weight is 423 g/mol. The van der Waals surface area contributed by atoms with Crippen LogP contribution in [0.5, 0.6) is 0 Å². The summed E-state index contributed by atoms with van der Waals surface area (Å²) in [5.41, 5.74) is 2.09. The molecule has 0 amide bonds. The molecule has 8 heteroatoms. The number of nitrogens with zero attached hydrogens (tertiary/aromatic N) is 3. The summed E-state index contributed by atoms with van der Waals surface area (Å²) in [6.07, 6.45) is 8.14. The lowest BCUT2D eigenvalue weighted by molar-refractivity contribution is 0.0708. The van der Waals surface area contributed by atoms with E-state index >= 15 is 0 Å². The van der Waals surface area contributed by atoms with Crippen molar-refractivity contribution in [2.75, 3.05) is 5.32 Å². The highest BCUT2D eigenvalue weighted by Crippen LogP contribution is 2.41. The molecule has 3 aromatic heterocycles. The molecule has 0 aromatic carbocycles. The van der Waals surface area contributed by atoms with E-state index in [-0.39, 0.29) is 22.5 Å². The molecule has 1 aliphatic carbocycles. The van der Waals surface area contributed by atoms with Gasteiger partial charge >= 0.3 is 6.55 Å². The van der Waals surface area contributed by atoms with Gasteiger partial charge in [-0.15, -0.1) is 0 Å². The largest absolute Gasteiger partial charge is 0.467 e. The highest BCUT2D eigenvalue weighted by molar-refractivity contribution is 6.28. The molecule has 3 aromatic rings. The summed E-state index contributed by atoms with van der Waals surface area (Å²) >= 11 is 6.09. The van der Waals surface area contributed by atoms with Crippen molar-refractivity contribution in [3.8, 4) is 0 Å². The van der Waals surface area contributed by atoms with Crippen molar-refractivity contribution >= 4 is 28.5 Å². The lowest BCUT2D eigenvalue weighted by Gasteiger charge is -2.21. The molecule has 3 heterocycles. The van der Waals surface area contributed by atoms with Gasteiger partial charge in [-0.2, -0.15) is 13.8 Å². The summed E-state index contributed by atoms with van der Waals surface area (Å²) < 4.78 is 34.6. The maximum Gasteiger partial charge on any atom is 0.319 e. The number of aromatic nitrogens is 3. The summed E-state index contributed by atoms with van der Waals surface area (Å²) in [5, 5.41) is 3.09.